The first-order chi connectivity index (χ1) is 21.0. The van der Waals surface area contributed by atoms with Crippen LogP contribution in [0.5, 0.6) is 0 Å². The number of aromatic carboxylic acids is 6. The number of anilines is 3. The summed E-state index contributed by atoms with van der Waals surface area (Å²) >= 11 is 0. The van der Waals surface area contributed by atoms with E-state index < -0.39 is 69.2 Å². The number of hydrogen-bond donors (Lipinski definition) is 9. The van der Waals surface area contributed by atoms with Gasteiger partial charge in [-0.15, -0.1) is 0 Å². The lowest BCUT2D eigenvalue weighted by Gasteiger charge is -2.23. The first-order valence-corrected chi connectivity index (χ1v) is 12.4. The molecule has 0 atom stereocenters. The zero-order valence-corrected chi connectivity index (χ0v) is 22.6. The summed E-state index contributed by atoms with van der Waals surface area (Å²) in [4.78, 5) is 71.2. The summed E-state index contributed by atoms with van der Waals surface area (Å²) in [6, 6.07) is 8.81. The van der Waals surface area contributed by atoms with Crippen molar-refractivity contribution in [3.05, 3.63) is 88.0 Å². The number of rotatable bonds is 9. The third-order valence-corrected chi connectivity index (χ3v) is 6.76. The van der Waals surface area contributed by atoms with Crippen molar-refractivity contribution >= 4 is 52.9 Å². The smallest absolute Gasteiger partial charge is 0.335 e. The lowest BCUT2D eigenvalue weighted by atomic mass is 9.85. The summed E-state index contributed by atoms with van der Waals surface area (Å²) in [5.41, 5.74) is 14.3. The molecule has 0 fully saturated rings. The van der Waals surface area contributed by atoms with E-state index in [1.807, 2.05) is 0 Å². The van der Waals surface area contributed by atoms with Gasteiger partial charge in [-0.1, -0.05) is 0 Å². The van der Waals surface area contributed by atoms with E-state index in [1.54, 1.807) is 0 Å². The quantitative estimate of drug-likeness (QED) is 0.121. The van der Waals surface area contributed by atoms with Crippen molar-refractivity contribution in [3.63, 3.8) is 0 Å². The second kappa shape index (κ2) is 11.4. The number of nitrogen functional groups attached to an aromatic ring is 3. The third-order valence-electron chi connectivity index (χ3n) is 6.76. The van der Waals surface area contributed by atoms with Crippen molar-refractivity contribution in [2.75, 3.05) is 17.2 Å². The van der Waals surface area contributed by atoms with Gasteiger partial charge in [0.25, 0.3) is 0 Å². The van der Waals surface area contributed by atoms with Crippen LogP contribution in [0, 0.1) is 0 Å². The van der Waals surface area contributed by atoms with Crippen LogP contribution in [0.15, 0.2) is 54.6 Å². The maximum Gasteiger partial charge on any atom is 0.335 e. The van der Waals surface area contributed by atoms with Crippen LogP contribution in [-0.4, -0.2) is 66.5 Å². The number of carbonyl (C=O) groups is 6. The summed E-state index contributed by atoms with van der Waals surface area (Å²) in [6.45, 7) is 0. The van der Waals surface area contributed by atoms with E-state index in [1.165, 1.54) is 0 Å². The van der Waals surface area contributed by atoms with Crippen LogP contribution in [0.25, 0.3) is 33.4 Å². The van der Waals surface area contributed by atoms with Gasteiger partial charge in [0.1, 0.15) is 0 Å². The Morgan fingerprint density at radius 3 is 0.622 bits per heavy atom. The van der Waals surface area contributed by atoms with Crippen LogP contribution < -0.4 is 17.2 Å². The number of nitrogens with two attached hydrogens (primary N) is 3. The minimum absolute atomic E-state index is 0.175. The molecule has 4 aromatic rings. The van der Waals surface area contributed by atoms with Crippen LogP contribution >= 0.6 is 0 Å². The van der Waals surface area contributed by atoms with Gasteiger partial charge in [0, 0.05) is 16.7 Å². The minimum Gasteiger partial charge on any atom is -0.478 e. The van der Waals surface area contributed by atoms with E-state index in [-0.39, 0.29) is 50.4 Å². The fourth-order valence-corrected chi connectivity index (χ4v) is 4.80. The Hall–Kier alpha value is -6.90. The van der Waals surface area contributed by atoms with E-state index in [4.69, 9.17) is 17.2 Å². The van der Waals surface area contributed by atoms with Crippen molar-refractivity contribution in [2.45, 2.75) is 0 Å². The van der Waals surface area contributed by atoms with E-state index in [2.05, 4.69) is 0 Å². The van der Waals surface area contributed by atoms with E-state index in [0.29, 0.717) is 0 Å². The maximum absolute atomic E-state index is 11.9. The van der Waals surface area contributed by atoms with Gasteiger partial charge in [-0.2, -0.15) is 0 Å². The van der Waals surface area contributed by atoms with Crippen LogP contribution in [0.1, 0.15) is 62.1 Å². The van der Waals surface area contributed by atoms with Gasteiger partial charge < -0.3 is 47.8 Å². The Bertz CT molecular complexity index is 1670. The molecule has 0 unspecified atom stereocenters. The van der Waals surface area contributed by atoms with Crippen molar-refractivity contribution in [3.8, 4) is 33.4 Å². The van der Waals surface area contributed by atoms with Crippen LogP contribution in [0.4, 0.5) is 17.1 Å². The predicted molar refractivity (Wildman–Crippen MR) is 158 cm³/mol. The van der Waals surface area contributed by atoms with Gasteiger partial charge in [-0.3, -0.25) is 0 Å². The first kappa shape index (κ1) is 31.0. The molecule has 0 aromatic heterocycles. The van der Waals surface area contributed by atoms with Gasteiger partial charge in [-0.05, 0) is 71.3 Å². The molecular formula is C30H21N3O12. The molecule has 0 aliphatic carbocycles. The zero-order chi connectivity index (χ0) is 33.5. The number of carboxylic acid groups (broad SMARTS) is 6. The Labute approximate surface area is 251 Å². The summed E-state index contributed by atoms with van der Waals surface area (Å²) in [5.74, 6) is -9.12. The summed E-state index contributed by atoms with van der Waals surface area (Å²) in [6.07, 6.45) is 0. The molecule has 0 aliphatic heterocycles. The molecular weight excluding hydrogens is 594 g/mol. The summed E-state index contributed by atoms with van der Waals surface area (Å²) in [7, 11) is 0. The zero-order valence-electron chi connectivity index (χ0n) is 22.6. The van der Waals surface area contributed by atoms with Crippen molar-refractivity contribution in [2.24, 2.45) is 0 Å². The fraction of sp³-hybridized carbons (Fsp3) is 0. The molecule has 0 spiro atoms. The van der Waals surface area contributed by atoms with Gasteiger partial charge in [-0.25, -0.2) is 28.8 Å². The molecule has 0 saturated carbocycles. The monoisotopic (exact) mass is 615 g/mol. The Balaban J connectivity index is 2.27. The van der Waals surface area contributed by atoms with Crippen LogP contribution in [-0.2, 0) is 0 Å². The standard InChI is InChI=1S/C30H21N3O12/c31-22-19(10-1-13(25(34)35)7-14(2-10)26(36)37)23(32)21(12-5-17(29(42)43)9-18(6-12)30(44)45)24(33)20(22)11-3-15(27(38)39)8-16(4-11)28(40)41/h1-9H,31-33H2,(H,34,35)(H,36,37)(H,38,39)(H,40,41)(H,42,43)(H,44,45). The Morgan fingerprint density at radius 1 is 0.333 bits per heavy atom. The van der Waals surface area contributed by atoms with Crippen molar-refractivity contribution in [1.82, 2.24) is 0 Å². The van der Waals surface area contributed by atoms with Crippen LogP contribution in [0.2, 0.25) is 0 Å². The molecule has 0 bridgehead atoms. The van der Waals surface area contributed by atoms with Gasteiger partial charge in [0.15, 0.2) is 0 Å². The second-order valence-corrected chi connectivity index (χ2v) is 9.59. The minimum atomic E-state index is -1.52. The highest BCUT2D eigenvalue weighted by Gasteiger charge is 2.27. The molecule has 0 radical (unpaired) electrons. The molecule has 0 amide bonds. The fourth-order valence-electron chi connectivity index (χ4n) is 4.80. The molecule has 45 heavy (non-hydrogen) atoms. The molecule has 0 aliphatic rings. The summed E-state index contributed by atoms with van der Waals surface area (Å²) < 4.78 is 0. The first-order valence-electron chi connectivity index (χ1n) is 12.4. The lowest BCUT2D eigenvalue weighted by molar-refractivity contribution is 0.0676. The molecule has 4 aromatic carbocycles. The lowest BCUT2D eigenvalue weighted by Crippen LogP contribution is -2.10. The molecule has 12 N–H and O–H groups in total. The average molecular weight is 616 g/mol. The third kappa shape index (κ3) is 5.76. The van der Waals surface area contributed by atoms with Crippen molar-refractivity contribution in [1.29, 1.82) is 0 Å². The normalized spacial score (nSPS) is 10.7. The number of hydrogen-bond acceptors (Lipinski definition) is 9. The SMILES string of the molecule is Nc1c(-c2cc(C(=O)O)cc(C(=O)O)c2)c(N)c(-c2cc(C(=O)O)cc(C(=O)O)c2)c(N)c1-c1cc(C(=O)O)cc(C(=O)O)c1. The van der Waals surface area contributed by atoms with Gasteiger partial charge >= 0.3 is 35.8 Å². The highest BCUT2D eigenvalue weighted by atomic mass is 16.4. The van der Waals surface area contributed by atoms with E-state index >= 15 is 0 Å². The number of benzene rings is 4. The molecule has 4 rings (SSSR count). The molecule has 0 heterocycles. The Kier molecular flexibility index (Phi) is 7.87. The maximum atomic E-state index is 11.9. The van der Waals surface area contributed by atoms with E-state index in [0.717, 1.165) is 54.6 Å². The number of carboxylic acids is 6. The molecule has 15 nitrogen and oxygen atoms in total. The van der Waals surface area contributed by atoms with Crippen molar-refractivity contribution < 1.29 is 59.4 Å². The van der Waals surface area contributed by atoms with E-state index in [9.17, 15) is 59.4 Å². The largest absolute Gasteiger partial charge is 0.478 e. The average Bonchev–Trinajstić information content (AvgIpc) is 2.96. The highest BCUT2D eigenvalue weighted by molar-refractivity contribution is 6.12. The molecule has 0 saturated heterocycles. The highest BCUT2D eigenvalue weighted by Crippen LogP contribution is 2.50. The van der Waals surface area contributed by atoms with Crippen LogP contribution in [0.3, 0.4) is 0 Å². The molecule has 15 heteroatoms. The predicted octanol–water partition coefficient (Wildman–Crippen LogP) is 3.62. The molecule has 228 valence electrons. The summed E-state index contributed by atoms with van der Waals surface area (Å²) in [5, 5.41) is 57.9. The Morgan fingerprint density at radius 2 is 0.489 bits per heavy atom. The topological polar surface area (TPSA) is 302 Å². The second-order valence-electron chi connectivity index (χ2n) is 9.59. The van der Waals surface area contributed by atoms with Gasteiger partial charge in [0.05, 0.1) is 50.4 Å². The van der Waals surface area contributed by atoms with Gasteiger partial charge in [0.2, 0.25) is 0 Å².